The molecule has 2 aliphatic rings. The van der Waals surface area contributed by atoms with Gasteiger partial charge in [0.2, 0.25) is 5.91 Å². The van der Waals surface area contributed by atoms with Gasteiger partial charge in [-0.15, -0.1) is 0 Å². The number of piperidine rings is 1. The van der Waals surface area contributed by atoms with E-state index in [0.717, 1.165) is 18.7 Å². The lowest BCUT2D eigenvalue weighted by atomic mass is 9.97. The number of primary amides is 1. The number of amides is 1. The quantitative estimate of drug-likeness (QED) is 0.771. The highest BCUT2D eigenvalue weighted by Gasteiger charge is 2.33. The van der Waals surface area contributed by atoms with Gasteiger partial charge in [-0.05, 0) is 34.9 Å². The number of rotatable bonds is 2. The van der Waals surface area contributed by atoms with Crippen LogP contribution < -0.4 is 11.1 Å². The van der Waals surface area contributed by atoms with Gasteiger partial charge in [-0.1, -0.05) is 18.2 Å². The van der Waals surface area contributed by atoms with Crippen LogP contribution in [0.5, 0.6) is 0 Å². The van der Waals surface area contributed by atoms with Gasteiger partial charge >= 0.3 is 0 Å². The minimum atomic E-state index is -0.251. The average molecular weight is 216 g/mol. The number of carbonyl (C=O) groups is 1. The van der Waals surface area contributed by atoms with E-state index in [1.165, 1.54) is 17.5 Å². The van der Waals surface area contributed by atoms with Crippen LogP contribution in [0.15, 0.2) is 18.2 Å². The molecule has 1 saturated heterocycles. The second-order valence-electron chi connectivity index (χ2n) is 4.89. The van der Waals surface area contributed by atoms with Gasteiger partial charge in [0.1, 0.15) is 0 Å². The van der Waals surface area contributed by atoms with Gasteiger partial charge in [0.05, 0.1) is 6.42 Å². The standard InChI is InChI=1S/C13H16N2O/c14-13(16)4-8-1-2-11-9-5-10(7-15-6-9)12(11)3-8/h1-3,9-10,15H,4-7H2,(H2,14,16). The van der Waals surface area contributed by atoms with Crippen LogP contribution >= 0.6 is 0 Å². The number of fused-ring (bicyclic) bond motifs is 5. The molecule has 0 saturated carbocycles. The Morgan fingerprint density at radius 2 is 2.06 bits per heavy atom. The predicted octanol–water partition coefficient (Wildman–Crippen LogP) is 0.888. The molecule has 1 fully saturated rings. The van der Waals surface area contributed by atoms with Crippen molar-refractivity contribution in [1.82, 2.24) is 5.32 Å². The Morgan fingerprint density at radius 3 is 2.81 bits per heavy atom. The number of hydrogen-bond donors (Lipinski definition) is 2. The molecule has 2 atom stereocenters. The molecule has 1 heterocycles. The monoisotopic (exact) mass is 216 g/mol. The summed E-state index contributed by atoms with van der Waals surface area (Å²) in [6.45, 7) is 2.17. The Labute approximate surface area is 95.0 Å². The summed E-state index contributed by atoms with van der Waals surface area (Å²) in [6.07, 6.45) is 1.63. The highest BCUT2D eigenvalue weighted by Crippen LogP contribution is 2.43. The molecule has 3 N–H and O–H groups in total. The lowest BCUT2D eigenvalue weighted by Gasteiger charge is -2.19. The first-order valence-electron chi connectivity index (χ1n) is 5.86. The van der Waals surface area contributed by atoms with Crippen molar-refractivity contribution in [2.24, 2.45) is 5.73 Å². The molecule has 3 heteroatoms. The first-order chi connectivity index (χ1) is 7.74. The fraction of sp³-hybridized carbons (Fsp3) is 0.462. The van der Waals surface area contributed by atoms with E-state index in [9.17, 15) is 4.79 Å². The summed E-state index contributed by atoms with van der Waals surface area (Å²) >= 11 is 0. The van der Waals surface area contributed by atoms with Crippen LogP contribution in [0, 0.1) is 0 Å². The van der Waals surface area contributed by atoms with E-state index in [1.54, 1.807) is 0 Å². The molecule has 1 amide bonds. The summed E-state index contributed by atoms with van der Waals surface area (Å²) in [7, 11) is 0. The molecule has 3 nitrogen and oxygen atoms in total. The largest absolute Gasteiger partial charge is 0.369 e. The summed E-state index contributed by atoms with van der Waals surface area (Å²) in [5.41, 5.74) is 9.19. The van der Waals surface area contributed by atoms with Crippen molar-refractivity contribution in [2.75, 3.05) is 13.1 Å². The second-order valence-corrected chi connectivity index (χ2v) is 4.89. The number of hydrogen-bond acceptors (Lipinski definition) is 2. The summed E-state index contributed by atoms with van der Waals surface area (Å²) in [4.78, 5) is 10.9. The van der Waals surface area contributed by atoms with Crippen LogP contribution in [0.2, 0.25) is 0 Å². The molecule has 3 rings (SSSR count). The van der Waals surface area contributed by atoms with E-state index in [0.29, 0.717) is 18.3 Å². The number of nitrogens with two attached hydrogens (primary N) is 1. The van der Waals surface area contributed by atoms with Gasteiger partial charge in [0.25, 0.3) is 0 Å². The molecule has 0 radical (unpaired) electrons. The minimum Gasteiger partial charge on any atom is -0.369 e. The molecule has 1 aromatic rings. The smallest absolute Gasteiger partial charge is 0.221 e. The van der Waals surface area contributed by atoms with E-state index in [4.69, 9.17) is 5.73 Å². The van der Waals surface area contributed by atoms with Crippen LogP contribution in [0.1, 0.15) is 34.9 Å². The molecule has 2 bridgehead atoms. The maximum Gasteiger partial charge on any atom is 0.221 e. The zero-order valence-corrected chi connectivity index (χ0v) is 9.20. The van der Waals surface area contributed by atoms with Crippen LogP contribution in [0.3, 0.4) is 0 Å². The van der Waals surface area contributed by atoms with Gasteiger partial charge in [-0.3, -0.25) is 4.79 Å². The van der Waals surface area contributed by atoms with Gasteiger partial charge in [0, 0.05) is 13.1 Å². The molecule has 2 unspecified atom stereocenters. The average Bonchev–Trinajstić information content (AvgIpc) is 2.50. The van der Waals surface area contributed by atoms with Crippen LogP contribution in [0.25, 0.3) is 0 Å². The van der Waals surface area contributed by atoms with Crippen molar-refractivity contribution in [2.45, 2.75) is 24.7 Å². The third-order valence-electron chi connectivity index (χ3n) is 3.76. The molecule has 1 aromatic carbocycles. The Kier molecular flexibility index (Phi) is 2.21. The van der Waals surface area contributed by atoms with Crippen molar-refractivity contribution < 1.29 is 4.79 Å². The number of nitrogens with one attached hydrogen (secondary N) is 1. The Balaban J connectivity index is 1.97. The number of benzene rings is 1. The number of carbonyl (C=O) groups excluding carboxylic acids is 1. The first-order valence-corrected chi connectivity index (χ1v) is 5.86. The molecule has 1 aliphatic heterocycles. The zero-order chi connectivity index (χ0) is 11.1. The van der Waals surface area contributed by atoms with Crippen molar-refractivity contribution in [3.63, 3.8) is 0 Å². The van der Waals surface area contributed by atoms with Gasteiger partial charge < -0.3 is 11.1 Å². The van der Waals surface area contributed by atoms with Crippen molar-refractivity contribution in [1.29, 1.82) is 0 Å². The SMILES string of the molecule is NC(=O)Cc1ccc2c(c1)C1CNCC2C1. The van der Waals surface area contributed by atoms with E-state index >= 15 is 0 Å². The Morgan fingerprint density at radius 1 is 1.31 bits per heavy atom. The second kappa shape index (κ2) is 3.59. The van der Waals surface area contributed by atoms with E-state index in [2.05, 4.69) is 17.4 Å². The van der Waals surface area contributed by atoms with Crippen LogP contribution in [-0.4, -0.2) is 19.0 Å². The maximum atomic E-state index is 10.9. The van der Waals surface area contributed by atoms with Gasteiger partial charge in [-0.2, -0.15) is 0 Å². The summed E-state index contributed by atoms with van der Waals surface area (Å²) < 4.78 is 0. The van der Waals surface area contributed by atoms with Crippen LogP contribution in [-0.2, 0) is 11.2 Å². The molecular weight excluding hydrogens is 200 g/mol. The van der Waals surface area contributed by atoms with E-state index < -0.39 is 0 Å². The highest BCUT2D eigenvalue weighted by molar-refractivity contribution is 5.76. The Bertz CT molecular complexity index is 442. The van der Waals surface area contributed by atoms with E-state index in [-0.39, 0.29) is 5.91 Å². The molecule has 16 heavy (non-hydrogen) atoms. The Hall–Kier alpha value is -1.35. The van der Waals surface area contributed by atoms with Crippen molar-refractivity contribution >= 4 is 5.91 Å². The molecule has 0 aromatic heterocycles. The molecular formula is C13H16N2O. The lowest BCUT2D eigenvalue weighted by molar-refractivity contribution is -0.117. The first kappa shape index (κ1) is 9.85. The topological polar surface area (TPSA) is 55.1 Å². The maximum absolute atomic E-state index is 10.9. The minimum absolute atomic E-state index is 0.251. The fourth-order valence-electron chi connectivity index (χ4n) is 3.08. The molecule has 0 spiro atoms. The normalized spacial score (nSPS) is 26.5. The summed E-state index contributed by atoms with van der Waals surface area (Å²) in [6, 6.07) is 6.41. The van der Waals surface area contributed by atoms with Gasteiger partial charge in [-0.25, -0.2) is 0 Å². The zero-order valence-electron chi connectivity index (χ0n) is 9.20. The highest BCUT2D eigenvalue weighted by atomic mass is 16.1. The fourth-order valence-corrected chi connectivity index (χ4v) is 3.08. The third kappa shape index (κ3) is 1.52. The van der Waals surface area contributed by atoms with E-state index in [1.807, 2.05) is 6.07 Å². The summed E-state index contributed by atoms with van der Waals surface area (Å²) in [5.74, 6) is 1.07. The van der Waals surface area contributed by atoms with Gasteiger partial charge in [0.15, 0.2) is 0 Å². The van der Waals surface area contributed by atoms with Crippen molar-refractivity contribution in [3.05, 3.63) is 34.9 Å². The molecule has 84 valence electrons. The van der Waals surface area contributed by atoms with Crippen LogP contribution in [0.4, 0.5) is 0 Å². The molecule has 1 aliphatic carbocycles. The lowest BCUT2D eigenvalue weighted by Crippen LogP contribution is -2.28. The summed E-state index contributed by atoms with van der Waals surface area (Å²) in [5, 5.41) is 3.46. The van der Waals surface area contributed by atoms with Crippen molar-refractivity contribution in [3.8, 4) is 0 Å². The predicted molar refractivity (Wildman–Crippen MR) is 62.3 cm³/mol. The third-order valence-corrected chi connectivity index (χ3v) is 3.76.